The lowest BCUT2D eigenvalue weighted by molar-refractivity contribution is -0.274. The zero-order valence-electron chi connectivity index (χ0n) is 15.5. The van der Waals surface area contributed by atoms with E-state index in [0.717, 1.165) is 27.6 Å². The molecule has 0 saturated carbocycles. The number of pyridine rings is 2. The Hall–Kier alpha value is -3.81. The highest BCUT2D eigenvalue weighted by Gasteiger charge is 2.31. The van der Waals surface area contributed by atoms with Crippen molar-refractivity contribution in [2.45, 2.75) is 12.9 Å². The minimum atomic E-state index is -4.73. The summed E-state index contributed by atoms with van der Waals surface area (Å²) in [5.74, 6) is -0.274. The zero-order valence-corrected chi connectivity index (χ0v) is 15.5. The van der Waals surface area contributed by atoms with Crippen molar-refractivity contribution in [1.82, 2.24) is 19.7 Å². The molecular weight excluding hydrogens is 393 g/mol. The number of benzene rings is 2. The van der Waals surface area contributed by atoms with Crippen molar-refractivity contribution < 1.29 is 17.9 Å². The summed E-state index contributed by atoms with van der Waals surface area (Å²) in [7, 11) is 0. The van der Waals surface area contributed by atoms with Gasteiger partial charge in [-0.05, 0) is 48.0 Å². The van der Waals surface area contributed by atoms with Crippen molar-refractivity contribution in [1.29, 1.82) is 0 Å². The maximum absolute atomic E-state index is 12.5. The van der Waals surface area contributed by atoms with Gasteiger partial charge in [-0.15, -0.1) is 13.2 Å². The maximum Gasteiger partial charge on any atom is 0.573 e. The summed E-state index contributed by atoms with van der Waals surface area (Å²) in [4.78, 5) is 8.95. The molecule has 0 atom stereocenters. The molecule has 5 rings (SSSR count). The second-order valence-electron chi connectivity index (χ2n) is 6.87. The van der Waals surface area contributed by atoms with E-state index >= 15 is 0 Å². The molecule has 1 N–H and O–H groups in total. The van der Waals surface area contributed by atoms with Crippen LogP contribution in [0.15, 0.2) is 72.9 Å². The van der Waals surface area contributed by atoms with Gasteiger partial charge in [-0.2, -0.15) is 0 Å². The second kappa shape index (κ2) is 6.91. The third-order valence-corrected chi connectivity index (χ3v) is 4.76. The highest BCUT2D eigenvalue weighted by atomic mass is 19.4. The number of fused-ring (bicyclic) bond motifs is 2. The molecule has 3 heterocycles. The van der Waals surface area contributed by atoms with Crippen molar-refractivity contribution in [3.8, 4) is 17.0 Å². The summed E-state index contributed by atoms with van der Waals surface area (Å²) in [6.07, 6.45) is -2.97. The average Bonchev–Trinajstić information content (AvgIpc) is 2.71. The van der Waals surface area contributed by atoms with Gasteiger partial charge in [-0.1, -0.05) is 24.3 Å². The van der Waals surface area contributed by atoms with E-state index in [4.69, 9.17) is 0 Å². The topological polar surface area (TPSA) is 55.7 Å². The molecule has 150 valence electrons. The second-order valence-corrected chi connectivity index (χ2v) is 6.87. The third kappa shape index (κ3) is 3.59. The van der Waals surface area contributed by atoms with Crippen LogP contribution in [-0.4, -0.2) is 26.1 Å². The zero-order chi connectivity index (χ0) is 20.7. The van der Waals surface area contributed by atoms with Crippen LogP contribution in [0.5, 0.6) is 5.75 Å². The lowest BCUT2D eigenvalue weighted by atomic mass is 10.1. The predicted molar refractivity (Wildman–Crippen MR) is 107 cm³/mol. The first-order chi connectivity index (χ1) is 14.4. The van der Waals surface area contributed by atoms with Crippen molar-refractivity contribution in [2.24, 2.45) is 0 Å². The fourth-order valence-corrected chi connectivity index (χ4v) is 3.42. The summed E-state index contributed by atoms with van der Waals surface area (Å²) in [5.41, 5.74) is 4.73. The van der Waals surface area contributed by atoms with Gasteiger partial charge < -0.3 is 4.74 Å². The molecule has 3 aromatic heterocycles. The number of hydrogen-bond donors (Lipinski definition) is 1. The molecule has 5 aromatic rings. The van der Waals surface area contributed by atoms with Gasteiger partial charge in [0.15, 0.2) is 5.65 Å². The molecule has 0 aliphatic rings. The molecule has 0 fully saturated rings. The van der Waals surface area contributed by atoms with Crippen LogP contribution in [0.3, 0.4) is 0 Å². The minimum Gasteiger partial charge on any atom is -0.406 e. The van der Waals surface area contributed by atoms with E-state index in [1.54, 1.807) is 18.3 Å². The summed E-state index contributed by atoms with van der Waals surface area (Å²) in [5, 5.41) is 4.28. The van der Waals surface area contributed by atoms with Gasteiger partial charge in [0.05, 0.1) is 23.3 Å². The Morgan fingerprint density at radius 3 is 2.73 bits per heavy atom. The molecule has 0 unspecified atom stereocenters. The Morgan fingerprint density at radius 2 is 1.87 bits per heavy atom. The van der Waals surface area contributed by atoms with Gasteiger partial charge in [0, 0.05) is 17.1 Å². The Morgan fingerprint density at radius 1 is 0.967 bits per heavy atom. The molecule has 0 spiro atoms. The molecule has 0 radical (unpaired) electrons. The normalized spacial score (nSPS) is 12.0. The Bertz CT molecular complexity index is 1350. The first-order valence-electron chi connectivity index (χ1n) is 9.20. The third-order valence-electron chi connectivity index (χ3n) is 4.76. The Balaban J connectivity index is 1.44. The quantitative estimate of drug-likeness (QED) is 0.426. The number of alkyl halides is 3. The summed E-state index contributed by atoms with van der Waals surface area (Å²) in [6, 6.07) is 19.4. The van der Waals surface area contributed by atoms with Crippen LogP contribution in [0, 0.1) is 0 Å². The van der Waals surface area contributed by atoms with E-state index in [1.165, 1.54) is 18.2 Å². The van der Waals surface area contributed by atoms with E-state index in [2.05, 4.69) is 25.9 Å². The van der Waals surface area contributed by atoms with Crippen molar-refractivity contribution >= 4 is 22.1 Å². The number of aromatic amines is 1. The van der Waals surface area contributed by atoms with E-state index in [9.17, 15) is 13.2 Å². The number of halogens is 3. The monoisotopic (exact) mass is 408 g/mol. The van der Waals surface area contributed by atoms with Crippen LogP contribution in [0.4, 0.5) is 13.2 Å². The smallest absolute Gasteiger partial charge is 0.406 e. The highest BCUT2D eigenvalue weighted by molar-refractivity contribution is 5.79. The van der Waals surface area contributed by atoms with Gasteiger partial charge in [0.2, 0.25) is 0 Å². The minimum absolute atomic E-state index is 0.274. The van der Waals surface area contributed by atoms with Gasteiger partial charge in [0.25, 0.3) is 0 Å². The van der Waals surface area contributed by atoms with Crippen molar-refractivity contribution in [3.63, 3.8) is 0 Å². The van der Waals surface area contributed by atoms with E-state index in [-0.39, 0.29) is 5.75 Å². The van der Waals surface area contributed by atoms with E-state index in [1.807, 2.05) is 35.0 Å². The molecular formula is C22H15F3N4O. The number of rotatable bonds is 4. The average molecular weight is 408 g/mol. The summed E-state index contributed by atoms with van der Waals surface area (Å²) >= 11 is 0. The first kappa shape index (κ1) is 18.2. The molecule has 5 nitrogen and oxygen atoms in total. The molecule has 0 amide bonds. The van der Waals surface area contributed by atoms with Gasteiger partial charge in [-0.25, -0.2) is 4.98 Å². The van der Waals surface area contributed by atoms with E-state index < -0.39 is 6.36 Å². The van der Waals surface area contributed by atoms with Crippen LogP contribution >= 0.6 is 0 Å². The molecule has 30 heavy (non-hydrogen) atoms. The van der Waals surface area contributed by atoms with Gasteiger partial charge in [-0.3, -0.25) is 14.8 Å². The molecule has 2 aromatic carbocycles. The Kier molecular flexibility index (Phi) is 4.20. The molecule has 8 heteroatoms. The fourth-order valence-electron chi connectivity index (χ4n) is 3.42. The molecule has 0 aliphatic carbocycles. The van der Waals surface area contributed by atoms with Crippen LogP contribution in [0.1, 0.15) is 5.56 Å². The lowest BCUT2D eigenvalue weighted by Gasteiger charge is -2.17. The number of aromatic nitrogens is 4. The van der Waals surface area contributed by atoms with E-state index in [0.29, 0.717) is 17.8 Å². The van der Waals surface area contributed by atoms with Crippen LogP contribution < -0.4 is 4.74 Å². The number of nitrogens with zero attached hydrogens (tertiary/aromatic N) is 3. The Labute approximate surface area is 168 Å². The maximum atomic E-state index is 12.5. The number of hydrogen-bond acceptors (Lipinski definition) is 3. The molecule has 0 bridgehead atoms. The fraction of sp³-hybridized carbons (Fsp3) is 0.0909. The summed E-state index contributed by atoms with van der Waals surface area (Å²) < 4.78 is 43.4. The first-order valence-corrected chi connectivity index (χ1v) is 9.20. The predicted octanol–water partition coefficient (Wildman–Crippen LogP) is 5.53. The summed E-state index contributed by atoms with van der Waals surface area (Å²) in [6.45, 7) is 0.589. The highest BCUT2D eigenvalue weighted by Crippen LogP contribution is 2.28. The van der Waals surface area contributed by atoms with Crippen LogP contribution in [-0.2, 0) is 6.54 Å². The number of nitrogens with one attached hydrogen (secondary N) is 1. The number of ether oxygens (including phenoxy) is 1. The van der Waals surface area contributed by atoms with Crippen molar-refractivity contribution in [3.05, 3.63) is 78.5 Å². The van der Waals surface area contributed by atoms with Crippen LogP contribution in [0.25, 0.3) is 33.3 Å². The SMILES string of the molecule is FC(F)(F)Oc1cccc(-c2ccc3[nH]n(Cc4ccc5ncccc5c4)c3n2)c1. The van der Waals surface area contributed by atoms with Crippen LogP contribution in [0.2, 0.25) is 0 Å². The lowest BCUT2D eigenvalue weighted by Crippen LogP contribution is -2.17. The van der Waals surface area contributed by atoms with Gasteiger partial charge >= 0.3 is 6.36 Å². The standard InChI is InChI=1S/C22H15F3N4O/c23-22(24,25)30-17-5-1-3-16(12-17)19-8-9-20-21(27-19)29(28-20)13-14-6-7-18-15(11-14)4-2-10-26-18/h1-12,28H,13H2. The van der Waals surface area contributed by atoms with Crippen molar-refractivity contribution in [2.75, 3.05) is 0 Å². The molecule has 0 saturated heterocycles. The number of H-pyrrole nitrogens is 1. The largest absolute Gasteiger partial charge is 0.573 e. The molecule has 0 aliphatic heterocycles. The van der Waals surface area contributed by atoms with Gasteiger partial charge in [0.1, 0.15) is 5.75 Å².